The first kappa shape index (κ1) is 12.3. The van der Waals surface area contributed by atoms with Gasteiger partial charge in [-0.25, -0.2) is 16.8 Å². The van der Waals surface area contributed by atoms with Crippen LogP contribution in [0.4, 0.5) is 0 Å². The van der Waals surface area contributed by atoms with Gasteiger partial charge in [0.05, 0.1) is 11.5 Å². The minimum absolute atomic E-state index is 0.211. The van der Waals surface area contributed by atoms with Crippen molar-refractivity contribution in [3.8, 4) is 0 Å². The summed E-state index contributed by atoms with van der Waals surface area (Å²) in [5.74, 6) is 0. The molecule has 2 fully saturated rings. The number of rotatable bonds is 3. The predicted octanol–water partition coefficient (Wildman–Crippen LogP) is -0.944. The predicted molar refractivity (Wildman–Crippen MR) is 59.9 cm³/mol. The van der Waals surface area contributed by atoms with Crippen LogP contribution in [0.25, 0.3) is 0 Å². The highest BCUT2D eigenvalue weighted by Crippen LogP contribution is 2.31. The number of sulfonamides is 2. The number of hydrogen-bond donors (Lipinski definition) is 0. The summed E-state index contributed by atoms with van der Waals surface area (Å²) in [6.45, 7) is 1.10. The molecule has 0 aromatic heterocycles. The minimum Gasteiger partial charge on any atom is -0.213 e. The van der Waals surface area contributed by atoms with Gasteiger partial charge in [0.2, 0.25) is 20.0 Å². The molecule has 8 heteroatoms. The molecule has 16 heavy (non-hydrogen) atoms. The summed E-state index contributed by atoms with van der Waals surface area (Å²) in [6, 6.07) is 0. The van der Waals surface area contributed by atoms with Gasteiger partial charge in [-0.3, -0.25) is 0 Å². The molecule has 0 radical (unpaired) electrons. The van der Waals surface area contributed by atoms with E-state index in [9.17, 15) is 16.8 Å². The second-order valence-electron chi connectivity index (χ2n) is 4.31. The average Bonchev–Trinajstić information content (AvgIpc) is 3.00. The molecule has 0 aromatic rings. The Labute approximate surface area is 96.3 Å². The molecule has 2 rings (SSSR count). The summed E-state index contributed by atoms with van der Waals surface area (Å²) in [6.07, 6.45) is 2.64. The van der Waals surface area contributed by atoms with E-state index in [-0.39, 0.29) is 31.4 Å². The van der Waals surface area contributed by atoms with Crippen molar-refractivity contribution in [3.05, 3.63) is 0 Å². The van der Waals surface area contributed by atoms with E-state index in [2.05, 4.69) is 0 Å². The highest BCUT2D eigenvalue weighted by atomic mass is 32.2. The molecule has 6 nitrogen and oxygen atoms in total. The highest BCUT2D eigenvalue weighted by molar-refractivity contribution is 7.90. The fourth-order valence-corrected chi connectivity index (χ4v) is 4.48. The Balaban J connectivity index is 2.00. The Bertz CT molecular complexity index is 458. The molecule has 0 amide bonds. The van der Waals surface area contributed by atoms with Gasteiger partial charge in [0.15, 0.2) is 0 Å². The molecule has 0 bridgehead atoms. The van der Waals surface area contributed by atoms with E-state index in [0.29, 0.717) is 0 Å². The molecule has 0 aromatic carbocycles. The van der Waals surface area contributed by atoms with Gasteiger partial charge >= 0.3 is 0 Å². The maximum absolute atomic E-state index is 11.9. The molecular formula is C8H16N2O4S2. The first-order chi connectivity index (χ1) is 7.32. The molecule has 1 aliphatic heterocycles. The lowest BCUT2D eigenvalue weighted by Gasteiger charge is -2.32. The fourth-order valence-electron chi connectivity index (χ4n) is 1.83. The van der Waals surface area contributed by atoms with Crippen LogP contribution in [0, 0.1) is 0 Å². The molecule has 0 spiro atoms. The molecule has 2 aliphatic rings. The smallest absolute Gasteiger partial charge is 0.213 e. The van der Waals surface area contributed by atoms with Crippen LogP contribution in [-0.2, 0) is 20.0 Å². The minimum atomic E-state index is -3.19. The number of hydrogen-bond acceptors (Lipinski definition) is 4. The molecule has 94 valence electrons. The van der Waals surface area contributed by atoms with Gasteiger partial charge < -0.3 is 0 Å². The van der Waals surface area contributed by atoms with Crippen molar-refractivity contribution in [3.63, 3.8) is 0 Å². The van der Waals surface area contributed by atoms with Crippen molar-refractivity contribution in [2.75, 3.05) is 32.4 Å². The Morgan fingerprint density at radius 1 is 0.875 bits per heavy atom. The Hall–Kier alpha value is -0.180. The maximum Gasteiger partial charge on any atom is 0.217 e. The standard InChI is InChI=1S/C8H16N2O4S2/c1-15(11,12)9-4-6-10(7-5-9)16(13,14)8-2-3-8/h8H,2-7H2,1H3. The van der Waals surface area contributed by atoms with Gasteiger partial charge in [-0.1, -0.05) is 0 Å². The summed E-state index contributed by atoms with van der Waals surface area (Å²) in [5.41, 5.74) is 0. The zero-order valence-corrected chi connectivity index (χ0v) is 10.8. The van der Waals surface area contributed by atoms with Gasteiger partial charge in [0, 0.05) is 26.2 Å². The van der Waals surface area contributed by atoms with Gasteiger partial charge in [-0.05, 0) is 12.8 Å². The van der Waals surface area contributed by atoms with E-state index >= 15 is 0 Å². The Morgan fingerprint density at radius 2 is 1.31 bits per heavy atom. The summed E-state index contributed by atoms with van der Waals surface area (Å²) >= 11 is 0. The molecule has 1 saturated heterocycles. The molecule has 0 unspecified atom stereocenters. The van der Waals surface area contributed by atoms with E-state index in [1.807, 2.05) is 0 Å². The lowest BCUT2D eigenvalue weighted by atomic mass is 10.4. The second-order valence-corrected chi connectivity index (χ2v) is 8.50. The molecule has 0 N–H and O–H groups in total. The van der Waals surface area contributed by atoms with Crippen molar-refractivity contribution in [1.29, 1.82) is 0 Å². The van der Waals surface area contributed by atoms with Crippen LogP contribution in [0.3, 0.4) is 0 Å². The third kappa shape index (κ3) is 2.39. The van der Waals surface area contributed by atoms with Gasteiger partial charge in [0.25, 0.3) is 0 Å². The zero-order valence-electron chi connectivity index (χ0n) is 9.16. The number of piperazine rings is 1. The summed E-state index contributed by atoms with van der Waals surface area (Å²) in [5, 5.41) is -0.211. The van der Waals surface area contributed by atoms with Crippen molar-refractivity contribution in [2.45, 2.75) is 18.1 Å². The van der Waals surface area contributed by atoms with Gasteiger partial charge in [-0.2, -0.15) is 8.61 Å². The van der Waals surface area contributed by atoms with E-state index in [4.69, 9.17) is 0 Å². The first-order valence-corrected chi connectivity index (χ1v) is 8.61. The highest BCUT2D eigenvalue weighted by Gasteiger charge is 2.41. The quantitative estimate of drug-likeness (QED) is 0.662. The third-order valence-corrected chi connectivity index (χ3v) is 6.67. The van der Waals surface area contributed by atoms with Crippen LogP contribution in [0.5, 0.6) is 0 Å². The van der Waals surface area contributed by atoms with Crippen molar-refractivity contribution >= 4 is 20.0 Å². The van der Waals surface area contributed by atoms with E-state index < -0.39 is 20.0 Å². The summed E-state index contributed by atoms with van der Waals surface area (Å²) < 4.78 is 49.0. The van der Waals surface area contributed by atoms with Crippen molar-refractivity contribution in [1.82, 2.24) is 8.61 Å². The normalized spacial score (nSPS) is 25.8. The molecule has 1 heterocycles. The molecule has 1 aliphatic carbocycles. The van der Waals surface area contributed by atoms with E-state index in [1.165, 1.54) is 8.61 Å². The van der Waals surface area contributed by atoms with Crippen LogP contribution in [0.15, 0.2) is 0 Å². The number of nitrogens with zero attached hydrogens (tertiary/aromatic N) is 2. The fraction of sp³-hybridized carbons (Fsp3) is 1.00. The first-order valence-electron chi connectivity index (χ1n) is 5.26. The Morgan fingerprint density at radius 3 is 1.69 bits per heavy atom. The molecular weight excluding hydrogens is 252 g/mol. The average molecular weight is 268 g/mol. The summed E-state index contributed by atoms with van der Waals surface area (Å²) in [4.78, 5) is 0. The lowest BCUT2D eigenvalue weighted by Crippen LogP contribution is -2.50. The maximum atomic E-state index is 11.9. The van der Waals surface area contributed by atoms with Crippen molar-refractivity contribution < 1.29 is 16.8 Å². The SMILES string of the molecule is CS(=O)(=O)N1CCN(S(=O)(=O)C2CC2)CC1. The van der Waals surface area contributed by atoms with Crippen LogP contribution in [-0.4, -0.2) is 63.1 Å². The van der Waals surface area contributed by atoms with Crippen molar-refractivity contribution in [2.24, 2.45) is 0 Å². The van der Waals surface area contributed by atoms with E-state index in [0.717, 1.165) is 19.1 Å². The topological polar surface area (TPSA) is 74.8 Å². The third-order valence-electron chi connectivity index (χ3n) is 2.97. The Kier molecular flexibility index (Phi) is 3.02. The van der Waals surface area contributed by atoms with Crippen LogP contribution in [0.1, 0.15) is 12.8 Å². The van der Waals surface area contributed by atoms with Gasteiger partial charge in [0.1, 0.15) is 0 Å². The second kappa shape index (κ2) is 3.94. The van der Waals surface area contributed by atoms with Crippen LogP contribution in [0.2, 0.25) is 0 Å². The van der Waals surface area contributed by atoms with Crippen LogP contribution >= 0.6 is 0 Å². The molecule has 1 saturated carbocycles. The lowest BCUT2D eigenvalue weighted by molar-refractivity contribution is 0.274. The van der Waals surface area contributed by atoms with Crippen LogP contribution < -0.4 is 0 Å². The zero-order chi connectivity index (χ0) is 12.0. The van der Waals surface area contributed by atoms with E-state index in [1.54, 1.807) is 0 Å². The summed E-state index contributed by atoms with van der Waals surface area (Å²) in [7, 11) is -6.33. The molecule has 0 atom stereocenters. The van der Waals surface area contributed by atoms with Gasteiger partial charge in [-0.15, -0.1) is 0 Å². The largest absolute Gasteiger partial charge is 0.217 e. The monoisotopic (exact) mass is 268 g/mol.